The SMILES string of the molecule is N#[N+]/C=C(/O)CC1CCCCN1C(=O)C(F)(F)F. The van der Waals surface area contributed by atoms with Crippen molar-refractivity contribution in [3.63, 3.8) is 0 Å². The molecule has 1 atom stereocenters. The molecule has 1 heterocycles. The summed E-state index contributed by atoms with van der Waals surface area (Å²) in [6.45, 7) is 0.0204. The van der Waals surface area contributed by atoms with Gasteiger partial charge in [0.2, 0.25) is 5.39 Å². The minimum Gasteiger partial charge on any atom is -0.505 e. The zero-order valence-electron chi connectivity index (χ0n) is 9.52. The Bertz CT molecular complexity index is 387. The van der Waals surface area contributed by atoms with Gasteiger partial charge in [0.25, 0.3) is 0 Å². The first-order valence-electron chi connectivity index (χ1n) is 5.46. The van der Waals surface area contributed by atoms with E-state index in [1.54, 1.807) is 0 Å². The molecule has 100 valence electrons. The van der Waals surface area contributed by atoms with E-state index in [0.29, 0.717) is 19.3 Å². The molecule has 1 amide bonds. The summed E-state index contributed by atoms with van der Waals surface area (Å²) in [7, 11) is 0. The highest BCUT2D eigenvalue weighted by Crippen LogP contribution is 2.27. The van der Waals surface area contributed by atoms with Crippen LogP contribution in [0.5, 0.6) is 0 Å². The molecule has 0 aromatic carbocycles. The van der Waals surface area contributed by atoms with Crippen LogP contribution in [0.15, 0.2) is 12.0 Å². The number of piperidine rings is 1. The Labute approximate surface area is 102 Å². The second-order valence-corrected chi connectivity index (χ2v) is 4.09. The Kier molecular flexibility index (Phi) is 4.53. The Morgan fingerprint density at radius 2 is 2.17 bits per heavy atom. The van der Waals surface area contributed by atoms with Gasteiger partial charge in [0.05, 0.1) is 0 Å². The standard InChI is InChI=1S/C10H12F3N3O2/c11-10(12,13)9(18)16-4-2-1-3-7(16)5-8(17)6-15-14/h6-7H,1-5H2/p+1/b8-6+. The average Bonchev–Trinajstić information content (AvgIpc) is 2.28. The quantitative estimate of drug-likeness (QED) is 0.615. The summed E-state index contributed by atoms with van der Waals surface area (Å²) in [6, 6.07) is -0.717. The molecule has 1 unspecified atom stereocenters. The van der Waals surface area contributed by atoms with Crippen LogP contribution in [0.3, 0.4) is 0 Å². The van der Waals surface area contributed by atoms with Crippen molar-refractivity contribution >= 4 is 5.91 Å². The lowest BCUT2D eigenvalue weighted by atomic mass is 9.98. The molecule has 0 radical (unpaired) electrons. The number of aliphatic hydroxyl groups excluding tert-OH is 1. The number of likely N-dealkylation sites (tertiary alicyclic amines) is 1. The van der Waals surface area contributed by atoms with E-state index >= 15 is 0 Å². The summed E-state index contributed by atoms with van der Waals surface area (Å²) in [5.41, 5.74) is 0. The van der Waals surface area contributed by atoms with Gasteiger partial charge in [0.15, 0.2) is 10.7 Å². The highest BCUT2D eigenvalue weighted by Gasteiger charge is 2.45. The molecule has 0 bridgehead atoms. The summed E-state index contributed by atoms with van der Waals surface area (Å²) in [4.78, 5) is 14.5. The van der Waals surface area contributed by atoms with E-state index in [-0.39, 0.29) is 18.7 Å². The van der Waals surface area contributed by atoms with Crippen LogP contribution in [0.4, 0.5) is 13.2 Å². The van der Waals surface area contributed by atoms with Gasteiger partial charge >= 0.3 is 18.3 Å². The Balaban J connectivity index is 2.78. The van der Waals surface area contributed by atoms with E-state index < -0.39 is 18.1 Å². The third-order valence-electron chi connectivity index (χ3n) is 2.78. The van der Waals surface area contributed by atoms with Crippen LogP contribution in [-0.4, -0.2) is 34.7 Å². The lowest BCUT2D eigenvalue weighted by Gasteiger charge is -2.35. The van der Waals surface area contributed by atoms with Crippen LogP contribution in [0.2, 0.25) is 0 Å². The first-order chi connectivity index (χ1) is 8.36. The van der Waals surface area contributed by atoms with Gasteiger partial charge in [0, 0.05) is 19.0 Å². The Morgan fingerprint density at radius 1 is 1.50 bits per heavy atom. The number of diazo groups is 1. The number of halogens is 3. The number of rotatable bonds is 2. The number of amides is 1. The number of hydrogen-bond donors (Lipinski definition) is 1. The third kappa shape index (κ3) is 3.61. The molecule has 1 fully saturated rings. The van der Waals surface area contributed by atoms with Gasteiger partial charge in [-0.3, -0.25) is 4.79 Å². The molecule has 5 nitrogen and oxygen atoms in total. The lowest BCUT2D eigenvalue weighted by molar-refractivity contribution is -0.189. The van der Waals surface area contributed by atoms with E-state index in [1.807, 2.05) is 0 Å². The fourth-order valence-corrected chi connectivity index (χ4v) is 2.00. The van der Waals surface area contributed by atoms with Crippen molar-refractivity contribution in [2.45, 2.75) is 37.9 Å². The number of alkyl halides is 3. The molecule has 18 heavy (non-hydrogen) atoms. The minimum atomic E-state index is -4.91. The highest BCUT2D eigenvalue weighted by molar-refractivity contribution is 5.82. The summed E-state index contributed by atoms with van der Waals surface area (Å²) < 4.78 is 37.1. The Morgan fingerprint density at radius 3 is 2.72 bits per heavy atom. The molecule has 0 spiro atoms. The molecule has 0 aromatic rings. The maximum absolute atomic E-state index is 12.4. The predicted molar refractivity (Wildman–Crippen MR) is 55.8 cm³/mol. The summed E-state index contributed by atoms with van der Waals surface area (Å²) in [6.07, 6.45) is -2.73. The first-order valence-corrected chi connectivity index (χ1v) is 5.46. The average molecular weight is 264 g/mol. The molecule has 0 aliphatic carbocycles. The smallest absolute Gasteiger partial charge is 0.471 e. The number of aliphatic hydroxyl groups is 1. The van der Waals surface area contributed by atoms with E-state index in [2.05, 4.69) is 4.98 Å². The van der Waals surface area contributed by atoms with Crippen molar-refractivity contribution in [2.75, 3.05) is 6.54 Å². The van der Waals surface area contributed by atoms with Crippen LogP contribution in [-0.2, 0) is 4.79 Å². The van der Waals surface area contributed by atoms with Gasteiger partial charge in [-0.2, -0.15) is 13.2 Å². The van der Waals surface area contributed by atoms with Crippen LogP contribution >= 0.6 is 0 Å². The molecular weight excluding hydrogens is 251 g/mol. The van der Waals surface area contributed by atoms with Crippen molar-refractivity contribution in [3.05, 3.63) is 16.9 Å². The van der Waals surface area contributed by atoms with E-state index in [9.17, 15) is 23.1 Å². The molecular formula is C10H13F3N3O2+. The molecule has 1 aliphatic rings. The lowest BCUT2D eigenvalue weighted by Crippen LogP contribution is -2.49. The highest BCUT2D eigenvalue weighted by atomic mass is 19.4. The number of carbonyl (C=O) groups is 1. The van der Waals surface area contributed by atoms with Crippen molar-refractivity contribution in [1.29, 1.82) is 5.39 Å². The fraction of sp³-hybridized carbons (Fsp3) is 0.700. The monoisotopic (exact) mass is 264 g/mol. The normalized spacial score (nSPS) is 21.6. The number of hydrogen-bond acceptors (Lipinski definition) is 3. The van der Waals surface area contributed by atoms with Gasteiger partial charge in [-0.15, -0.1) is 0 Å². The largest absolute Gasteiger partial charge is 0.505 e. The molecule has 0 saturated carbocycles. The van der Waals surface area contributed by atoms with Gasteiger partial charge in [-0.1, -0.05) is 0 Å². The molecule has 1 N–H and O–H groups in total. The third-order valence-corrected chi connectivity index (χ3v) is 2.78. The molecule has 1 aliphatic heterocycles. The van der Waals surface area contributed by atoms with Gasteiger partial charge in [0.1, 0.15) is 0 Å². The minimum absolute atomic E-state index is 0.0204. The van der Waals surface area contributed by atoms with Crippen LogP contribution in [0.25, 0.3) is 4.98 Å². The van der Waals surface area contributed by atoms with Crippen LogP contribution in [0, 0.1) is 5.39 Å². The van der Waals surface area contributed by atoms with Crippen LogP contribution in [0.1, 0.15) is 25.7 Å². The second kappa shape index (κ2) is 5.71. The van der Waals surface area contributed by atoms with Crippen molar-refractivity contribution in [2.24, 2.45) is 0 Å². The summed E-state index contributed by atoms with van der Waals surface area (Å²) >= 11 is 0. The number of carbonyl (C=O) groups excluding carboxylic acids is 1. The summed E-state index contributed by atoms with van der Waals surface area (Å²) in [5.74, 6) is -2.25. The maximum Gasteiger partial charge on any atom is 0.471 e. The van der Waals surface area contributed by atoms with E-state index in [1.165, 1.54) is 0 Å². The van der Waals surface area contributed by atoms with Gasteiger partial charge in [-0.25, -0.2) is 0 Å². The van der Waals surface area contributed by atoms with Crippen LogP contribution < -0.4 is 0 Å². The zero-order valence-corrected chi connectivity index (χ0v) is 9.52. The maximum atomic E-state index is 12.4. The van der Waals surface area contributed by atoms with Crippen molar-refractivity contribution in [3.8, 4) is 0 Å². The number of nitrogens with zero attached hydrogens (tertiary/aromatic N) is 3. The van der Waals surface area contributed by atoms with E-state index in [0.717, 1.165) is 11.1 Å². The molecule has 1 rings (SSSR count). The molecule has 0 aromatic heterocycles. The van der Waals surface area contributed by atoms with E-state index in [4.69, 9.17) is 5.39 Å². The topological polar surface area (TPSA) is 68.7 Å². The van der Waals surface area contributed by atoms with Gasteiger partial charge in [-0.05, 0) is 19.3 Å². The molecule has 1 saturated heterocycles. The molecule has 8 heteroatoms. The summed E-state index contributed by atoms with van der Waals surface area (Å²) in [5, 5.41) is 17.5. The Hall–Kier alpha value is -1.78. The fourth-order valence-electron chi connectivity index (χ4n) is 2.00. The van der Waals surface area contributed by atoms with Gasteiger partial charge < -0.3 is 10.0 Å². The predicted octanol–water partition coefficient (Wildman–Crippen LogP) is 2.57. The van der Waals surface area contributed by atoms with Crippen molar-refractivity contribution < 1.29 is 23.1 Å². The zero-order chi connectivity index (χ0) is 13.8. The first kappa shape index (κ1) is 14.3. The van der Waals surface area contributed by atoms with Crippen molar-refractivity contribution in [1.82, 2.24) is 4.90 Å². The second-order valence-electron chi connectivity index (χ2n) is 4.09.